The van der Waals surface area contributed by atoms with Crippen LogP contribution in [0.1, 0.15) is 27.9 Å². The predicted molar refractivity (Wildman–Crippen MR) is 69.5 cm³/mol. The van der Waals surface area contributed by atoms with E-state index in [-0.39, 0.29) is 5.97 Å². The Balaban J connectivity index is 2.60. The van der Waals surface area contributed by atoms with E-state index in [2.05, 4.69) is 4.98 Å². The third kappa shape index (κ3) is 1.98. The van der Waals surface area contributed by atoms with Crippen LogP contribution in [0.15, 0.2) is 6.07 Å². The number of nitrogens with zero attached hydrogens (tertiary/aromatic N) is 1. The molecule has 0 amide bonds. The number of esters is 1. The van der Waals surface area contributed by atoms with Crippen LogP contribution in [0.4, 0.5) is 5.69 Å². The van der Waals surface area contributed by atoms with Crippen LogP contribution in [-0.2, 0) is 4.74 Å². The zero-order chi connectivity index (χ0) is 12.6. The van der Waals surface area contributed by atoms with E-state index < -0.39 is 0 Å². The Bertz CT molecular complexity index is 590. The third-order valence-electron chi connectivity index (χ3n) is 2.63. The molecule has 90 valence electrons. The highest BCUT2D eigenvalue weighted by Gasteiger charge is 2.18. The van der Waals surface area contributed by atoms with Gasteiger partial charge >= 0.3 is 5.97 Å². The summed E-state index contributed by atoms with van der Waals surface area (Å²) in [6.45, 7) is 6.03. The van der Waals surface area contributed by atoms with E-state index in [0.29, 0.717) is 17.2 Å². The van der Waals surface area contributed by atoms with Crippen molar-refractivity contribution in [2.45, 2.75) is 20.8 Å². The van der Waals surface area contributed by atoms with Crippen LogP contribution >= 0.6 is 11.3 Å². The van der Waals surface area contributed by atoms with Crippen molar-refractivity contribution in [2.75, 3.05) is 12.3 Å². The van der Waals surface area contributed by atoms with Gasteiger partial charge in [0.25, 0.3) is 0 Å². The fraction of sp³-hybridized carbons (Fsp3) is 0.333. The lowest BCUT2D eigenvalue weighted by Crippen LogP contribution is -2.04. The number of ether oxygens (including phenoxy) is 1. The zero-order valence-corrected chi connectivity index (χ0v) is 10.9. The monoisotopic (exact) mass is 250 g/mol. The molecule has 0 saturated carbocycles. The number of aromatic nitrogens is 1. The lowest BCUT2D eigenvalue weighted by molar-refractivity contribution is 0.0533. The Labute approximate surface area is 103 Å². The van der Waals surface area contributed by atoms with E-state index in [4.69, 9.17) is 10.5 Å². The van der Waals surface area contributed by atoms with Gasteiger partial charge in [-0.3, -0.25) is 0 Å². The fourth-order valence-corrected chi connectivity index (χ4v) is 2.59. The maximum Gasteiger partial charge on any atom is 0.350 e. The number of carbonyl (C=O) groups is 1. The topological polar surface area (TPSA) is 65.2 Å². The van der Waals surface area contributed by atoms with Gasteiger partial charge in [-0.15, -0.1) is 11.3 Å². The van der Waals surface area contributed by atoms with Crippen LogP contribution in [0.2, 0.25) is 0 Å². The maximum atomic E-state index is 11.7. The van der Waals surface area contributed by atoms with Crippen molar-refractivity contribution in [2.24, 2.45) is 0 Å². The lowest BCUT2D eigenvalue weighted by atomic mass is 10.2. The molecule has 2 N–H and O–H groups in total. The number of aryl methyl sites for hydroxylation is 2. The summed E-state index contributed by atoms with van der Waals surface area (Å²) in [6.07, 6.45) is 0. The number of carbonyl (C=O) groups excluding carboxylic acids is 1. The smallest absolute Gasteiger partial charge is 0.350 e. The first kappa shape index (κ1) is 11.9. The molecule has 0 spiro atoms. The van der Waals surface area contributed by atoms with Crippen molar-refractivity contribution >= 4 is 33.2 Å². The largest absolute Gasteiger partial charge is 0.462 e. The van der Waals surface area contributed by atoms with Crippen molar-refractivity contribution < 1.29 is 9.53 Å². The molecule has 0 saturated heterocycles. The normalized spacial score (nSPS) is 10.8. The minimum Gasteiger partial charge on any atom is -0.462 e. The van der Waals surface area contributed by atoms with E-state index in [9.17, 15) is 4.79 Å². The van der Waals surface area contributed by atoms with Gasteiger partial charge in [0.1, 0.15) is 9.71 Å². The Kier molecular flexibility index (Phi) is 3.02. The average molecular weight is 250 g/mol. The molecule has 0 fully saturated rings. The first-order chi connectivity index (χ1) is 8.04. The predicted octanol–water partition coefficient (Wildman–Crippen LogP) is 2.67. The minimum absolute atomic E-state index is 0.345. The molecule has 2 aromatic rings. The Morgan fingerprint density at radius 3 is 2.88 bits per heavy atom. The van der Waals surface area contributed by atoms with Crippen LogP contribution in [0, 0.1) is 13.8 Å². The number of thiophene rings is 1. The second-order valence-corrected chi connectivity index (χ2v) is 4.81. The molecular weight excluding hydrogens is 236 g/mol. The molecule has 0 aliphatic heterocycles. The van der Waals surface area contributed by atoms with Gasteiger partial charge in [-0.1, -0.05) is 0 Å². The first-order valence-corrected chi connectivity index (χ1v) is 6.19. The summed E-state index contributed by atoms with van der Waals surface area (Å²) in [4.78, 5) is 17.3. The molecule has 0 bridgehead atoms. The summed E-state index contributed by atoms with van der Waals surface area (Å²) in [6, 6.07) is 1.96. The first-order valence-electron chi connectivity index (χ1n) is 5.38. The van der Waals surface area contributed by atoms with Crippen molar-refractivity contribution in [3.63, 3.8) is 0 Å². The van der Waals surface area contributed by atoms with E-state index in [1.54, 1.807) is 6.92 Å². The molecule has 0 radical (unpaired) electrons. The number of fused-ring (bicyclic) bond motifs is 1. The van der Waals surface area contributed by atoms with E-state index in [0.717, 1.165) is 21.5 Å². The van der Waals surface area contributed by atoms with Crippen molar-refractivity contribution in [1.29, 1.82) is 0 Å². The van der Waals surface area contributed by atoms with E-state index >= 15 is 0 Å². The Hall–Kier alpha value is -1.62. The minimum atomic E-state index is -0.372. The van der Waals surface area contributed by atoms with E-state index in [1.807, 2.05) is 19.9 Å². The summed E-state index contributed by atoms with van der Waals surface area (Å²) in [7, 11) is 0. The van der Waals surface area contributed by atoms with Gasteiger partial charge in [-0.25, -0.2) is 9.78 Å². The molecule has 0 aliphatic rings. The van der Waals surface area contributed by atoms with Crippen LogP contribution < -0.4 is 5.73 Å². The number of nitrogens with two attached hydrogens (primary N) is 1. The summed E-state index contributed by atoms with van der Waals surface area (Å²) in [5.74, 6) is -0.372. The summed E-state index contributed by atoms with van der Waals surface area (Å²) in [5.41, 5.74) is 8.45. The average Bonchev–Trinajstić information content (AvgIpc) is 2.58. The number of pyridine rings is 1. The van der Waals surface area contributed by atoms with E-state index in [1.165, 1.54) is 11.3 Å². The molecule has 0 atom stereocenters. The molecule has 0 aromatic carbocycles. The van der Waals surface area contributed by atoms with Gasteiger partial charge in [-0.05, 0) is 32.4 Å². The summed E-state index contributed by atoms with van der Waals surface area (Å²) in [5, 5.41) is 0.834. The van der Waals surface area contributed by atoms with Gasteiger partial charge in [0.15, 0.2) is 0 Å². The number of hydrogen-bond donors (Lipinski definition) is 1. The highest BCUT2D eigenvalue weighted by atomic mass is 32.1. The van der Waals surface area contributed by atoms with Crippen LogP contribution in [0.3, 0.4) is 0 Å². The molecule has 2 aromatic heterocycles. The Morgan fingerprint density at radius 1 is 1.53 bits per heavy atom. The number of anilines is 1. The van der Waals surface area contributed by atoms with Gasteiger partial charge < -0.3 is 10.5 Å². The highest BCUT2D eigenvalue weighted by Crippen LogP contribution is 2.33. The maximum absolute atomic E-state index is 11.7. The molecule has 0 aliphatic carbocycles. The molecular formula is C12H14N2O2S. The van der Waals surface area contributed by atoms with Crippen molar-refractivity contribution in [3.05, 3.63) is 22.2 Å². The number of hydrogen-bond acceptors (Lipinski definition) is 5. The quantitative estimate of drug-likeness (QED) is 0.832. The molecule has 4 nitrogen and oxygen atoms in total. The number of rotatable bonds is 2. The standard InChI is InChI=1S/C12H14N2O2S/c1-4-16-12(15)10-9(13)8-5-6(2)7(3)14-11(8)17-10/h5H,4,13H2,1-3H3. The Morgan fingerprint density at radius 2 is 2.24 bits per heavy atom. The van der Waals surface area contributed by atoms with Crippen LogP contribution in [-0.4, -0.2) is 17.6 Å². The van der Waals surface area contributed by atoms with Gasteiger partial charge in [-0.2, -0.15) is 0 Å². The van der Waals surface area contributed by atoms with Crippen molar-refractivity contribution in [3.8, 4) is 0 Å². The molecule has 2 heterocycles. The SMILES string of the molecule is CCOC(=O)c1sc2nc(C)c(C)cc2c1N. The van der Waals surface area contributed by atoms with Crippen LogP contribution in [0.5, 0.6) is 0 Å². The van der Waals surface area contributed by atoms with Crippen molar-refractivity contribution in [1.82, 2.24) is 4.98 Å². The molecule has 5 heteroatoms. The zero-order valence-electron chi connectivity index (χ0n) is 10.0. The van der Waals surface area contributed by atoms with Crippen LogP contribution in [0.25, 0.3) is 10.2 Å². The molecule has 0 unspecified atom stereocenters. The highest BCUT2D eigenvalue weighted by molar-refractivity contribution is 7.21. The second kappa shape index (κ2) is 4.33. The lowest BCUT2D eigenvalue weighted by Gasteiger charge is -2.00. The van der Waals surface area contributed by atoms with Gasteiger partial charge in [0, 0.05) is 11.1 Å². The fourth-order valence-electron chi connectivity index (χ4n) is 1.58. The van der Waals surface area contributed by atoms with Gasteiger partial charge in [0.2, 0.25) is 0 Å². The number of nitrogen functional groups attached to an aromatic ring is 1. The molecule has 17 heavy (non-hydrogen) atoms. The van der Waals surface area contributed by atoms with Gasteiger partial charge in [0.05, 0.1) is 12.3 Å². The third-order valence-corrected chi connectivity index (χ3v) is 3.72. The second-order valence-electron chi connectivity index (χ2n) is 3.81. The molecule has 2 rings (SSSR count). The summed E-state index contributed by atoms with van der Waals surface area (Å²) < 4.78 is 4.96. The summed E-state index contributed by atoms with van der Waals surface area (Å²) >= 11 is 1.28.